The summed E-state index contributed by atoms with van der Waals surface area (Å²) in [7, 11) is 0. The Hall–Kier alpha value is -1.58. The number of rotatable bonds is 3. The molecule has 0 aromatic carbocycles. The molecule has 104 valence electrons. The quantitative estimate of drug-likeness (QED) is 0.909. The maximum absolute atomic E-state index is 11.1. The molecule has 4 nitrogen and oxygen atoms in total. The minimum Gasteiger partial charge on any atom is -0.356 e. The lowest BCUT2D eigenvalue weighted by molar-refractivity contribution is -0.119. The van der Waals surface area contributed by atoms with Gasteiger partial charge in [0.05, 0.1) is 0 Å². The minimum atomic E-state index is 0.00229. The molecule has 0 saturated carbocycles. The van der Waals surface area contributed by atoms with Crippen molar-refractivity contribution in [1.29, 1.82) is 0 Å². The average molecular weight is 261 g/mol. The Labute approximate surface area is 115 Å². The van der Waals surface area contributed by atoms with E-state index >= 15 is 0 Å². The Bertz CT molecular complexity index is 412. The first-order valence-electron chi connectivity index (χ1n) is 7.20. The molecule has 0 aliphatic carbocycles. The molecule has 4 heteroatoms. The average Bonchev–Trinajstić information content (AvgIpc) is 2.36. The van der Waals surface area contributed by atoms with E-state index in [1.165, 1.54) is 32.1 Å². The Morgan fingerprint density at radius 1 is 1.26 bits per heavy atom. The molecule has 1 fully saturated rings. The molecule has 1 amide bonds. The molecule has 2 rings (SSSR count). The molecular formula is C15H23N3O. The van der Waals surface area contributed by atoms with Crippen LogP contribution < -0.4 is 10.2 Å². The molecule has 1 N–H and O–H groups in total. The van der Waals surface area contributed by atoms with E-state index in [-0.39, 0.29) is 5.91 Å². The van der Waals surface area contributed by atoms with Crippen LogP contribution in [0.5, 0.6) is 0 Å². The van der Waals surface area contributed by atoms with Gasteiger partial charge >= 0.3 is 0 Å². The standard InChI is InChI=1S/C15H23N3O/c1-13(19)17-12-14-8-7-9-16-15(14)18-10-5-3-2-4-6-11-18/h7-9H,2-6,10-12H2,1H3,(H,17,19). The van der Waals surface area contributed by atoms with Crippen LogP contribution in [0.2, 0.25) is 0 Å². The van der Waals surface area contributed by atoms with E-state index in [1.54, 1.807) is 6.92 Å². The van der Waals surface area contributed by atoms with Crippen LogP contribution >= 0.6 is 0 Å². The van der Waals surface area contributed by atoms with E-state index in [2.05, 4.69) is 21.3 Å². The molecule has 0 unspecified atom stereocenters. The van der Waals surface area contributed by atoms with Crippen LogP contribution in [-0.4, -0.2) is 24.0 Å². The van der Waals surface area contributed by atoms with Gasteiger partial charge in [-0.25, -0.2) is 4.98 Å². The van der Waals surface area contributed by atoms with E-state index in [0.29, 0.717) is 6.54 Å². The van der Waals surface area contributed by atoms with E-state index in [0.717, 1.165) is 24.5 Å². The first-order valence-corrected chi connectivity index (χ1v) is 7.20. The number of nitrogens with one attached hydrogen (secondary N) is 1. The van der Waals surface area contributed by atoms with Crippen molar-refractivity contribution in [3.05, 3.63) is 23.9 Å². The molecular weight excluding hydrogens is 238 g/mol. The van der Waals surface area contributed by atoms with Gasteiger partial charge in [0.25, 0.3) is 0 Å². The summed E-state index contributed by atoms with van der Waals surface area (Å²) in [5.41, 5.74) is 1.11. The largest absolute Gasteiger partial charge is 0.356 e. The minimum absolute atomic E-state index is 0.00229. The number of carbonyl (C=O) groups is 1. The fourth-order valence-electron chi connectivity index (χ4n) is 2.53. The van der Waals surface area contributed by atoms with E-state index in [4.69, 9.17) is 0 Å². The lowest BCUT2D eigenvalue weighted by Gasteiger charge is -2.27. The SMILES string of the molecule is CC(=O)NCc1cccnc1N1CCCCCCC1. The highest BCUT2D eigenvalue weighted by atomic mass is 16.1. The lowest BCUT2D eigenvalue weighted by Crippen LogP contribution is -2.30. The van der Waals surface area contributed by atoms with Crippen molar-refractivity contribution in [1.82, 2.24) is 10.3 Å². The van der Waals surface area contributed by atoms with Gasteiger partial charge in [-0.2, -0.15) is 0 Å². The third-order valence-corrected chi connectivity index (χ3v) is 3.55. The number of nitrogens with zero attached hydrogens (tertiary/aromatic N) is 2. The topological polar surface area (TPSA) is 45.2 Å². The van der Waals surface area contributed by atoms with Crippen molar-refractivity contribution in [2.45, 2.75) is 45.6 Å². The molecule has 0 radical (unpaired) electrons. The zero-order valence-corrected chi connectivity index (χ0v) is 11.7. The Kier molecular flexibility index (Phi) is 5.19. The molecule has 1 aromatic rings. The maximum Gasteiger partial charge on any atom is 0.217 e. The molecule has 19 heavy (non-hydrogen) atoms. The second kappa shape index (κ2) is 7.12. The monoisotopic (exact) mass is 261 g/mol. The number of hydrogen-bond acceptors (Lipinski definition) is 3. The second-order valence-electron chi connectivity index (χ2n) is 5.15. The third kappa shape index (κ3) is 4.23. The van der Waals surface area contributed by atoms with Crippen molar-refractivity contribution in [2.75, 3.05) is 18.0 Å². The van der Waals surface area contributed by atoms with Crippen molar-refractivity contribution < 1.29 is 4.79 Å². The predicted molar refractivity (Wildman–Crippen MR) is 77.1 cm³/mol. The first-order chi connectivity index (χ1) is 9.27. The van der Waals surface area contributed by atoms with Crippen LogP contribution in [0, 0.1) is 0 Å². The van der Waals surface area contributed by atoms with E-state index < -0.39 is 0 Å². The Morgan fingerprint density at radius 3 is 2.63 bits per heavy atom. The van der Waals surface area contributed by atoms with Crippen LogP contribution in [0.3, 0.4) is 0 Å². The first kappa shape index (κ1) is 13.8. The summed E-state index contributed by atoms with van der Waals surface area (Å²) in [6.45, 7) is 4.26. The van der Waals surface area contributed by atoms with Crippen LogP contribution in [0.4, 0.5) is 5.82 Å². The van der Waals surface area contributed by atoms with E-state index in [1.807, 2.05) is 12.3 Å². The Morgan fingerprint density at radius 2 is 1.95 bits per heavy atom. The van der Waals surface area contributed by atoms with Crippen molar-refractivity contribution in [3.63, 3.8) is 0 Å². The van der Waals surface area contributed by atoms with Gasteiger partial charge in [0.15, 0.2) is 0 Å². The number of pyridine rings is 1. The van der Waals surface area contributed by atoms with Gasteiger partial charge in [-0.05, 0) is 18.9 Å². The zero-order chi connectivity index (χ0) is 13.5. The number of carbonyl (C=O) groups excluding carboxylic acids is 1. The summed E-state index contributed by atoms with van der Waals surface area (Å²) < 4.78 is 0. The molecule has 1 saturated heterocycles. The fourth-order valence-corrected chi connectivity index (χ4v) is 2.53. The highest BCUT2D eigenvalue weighted by molar-refractivity contribution is 5.73. The Balaban J connectivity index is 2.10. The molecule has 2 heterocycles. The maximum atomic E-state index is 11.1. The van der Waals surface area contributed by atoms with Crippen LogP contribution in [-0.2, 0) is 11.3 Å². The number of hydrogen-bond donors (Lipinski definition) is 1. The van der Waals surface area contributed by atoms with E-state index in [9.17, 15) is 4.79 Å². The molecule has 1 aliphatic heterocycles. The molecule has 1 aromatic heterocycles. The normalized spacial score (nSPS) is 16.6. The molecule has 0 spiro atoms. The molecule has 0 atom stereocenters. The smallest absolute Gasteiger partial charge is 0.217 e. The number of amides is 1. The highest BCUT2D eigenvalue weighted by Gasteiger charge is 2.13. The third-order valence-electron chi connectivity index (χ3n) is 3.55. The van der Waals surface area contributed by atoms with Crippen LogP contribution in [0.25, 0.3) is 0 Å². The predicted octanol–water partition coefficient (Wildman–Crippen LogP) is 2.49. The van der Waals surface area contributed by atoms with Gasteiger partial charge in [-0.3, -0.25) is 4.79 Å². The van der Waals surface area contributed by atoms with Gasteiger partial charge in [-0.15, -0.1) is 0 Å². The number of aromatic nitrogens is 1. The van der Waals surface area contributed by atoms with Crippen molar-refractivity contribution >= 4 is 11.7 Å². The summed E-state index contributed by atoms with van der Waals surface area (Å²) in [6.07, 6.45) is 8.28. The molecule has 1 aliphatic rings. The van der Waals surface area contributed by atoms with Crippen molar-refractivity contribution in [2.24, 2.45) is 0 Å². The second-order valence-corrected chi connectivity index (χ2v) is 5.15. The summed E-state index contributed by atoms with van der Waals surface area (Å²) >= 11 is 0. The van der Waals surface area contributed by atoms with Gasteiger partial charge < -0.3 is 10.2 Å². The van der Waals surface area contributed by atoms with Gasteiger partial charge in [0, 0.05) is 38.3 Å². The fraction of sp³-hybridized carbons (Fsp3) is 0.600. The van der Waals surface area contributed by atoms with Gasteiger partial charge in [0.2, 0.25) is 5.91 Å². The van der Waals surface area contributed by atoms with Crippen LogP contribution in [0.15, 0.2) is 18.3 Å². The zero-order valence-electron chi connectivity index (χ0n) is 11.7. The number of anilines is 1. The highest BCUT2D eigenvalue weighted by Crippen LogP contribution is 2.20. The van der Waals surface area contributed by atoms with Crippen molar-refractivity contribution in [3.8, 4) is 0 Å². The summed E-state index contributed by atoms with van der Waals surface area (Å²) in [6, 6.07) is 3.99. The summed E-state index contributed by atoms with van der Waals surface area (Å²) in [4.78, 5) is 18.0. The summed E-state index contributed by atoms with van der Waals surface area (Å²) in [5.74, 6) is 1.04. The molecule has 0 bridgehead atoms. The van der Waals surface area contributed by atoms with Gasteiger partial charge in [-0.1, -0.05) is 25.3 Å². The summed E-state index contributed by atoms with van der Waals surface area (Å²) in [5, 5.41) is 2.86. The van der Waals surface area contributed by atoms with Gasteiger partial charge in [0.1, 0.15) is 5.82 Å². The van der Waals surface area contributed by atoms with Crippen LogP contribution in [0.1, 0.15) is 44.6 Å². The lowest BCUT2D eigenvalue weighted by atomic mass is 10.1.